The molecule has 1 aliphatic heterocycles. The van der Waals surface area contributed by atoms with Crippen molar-refractivity contribution in [2.24, 2.45) is 0 Å². The van der Waals surface area contributed by atoms with Crippen LogP contribution in [-0.2, 0) is 4.74 Å². The number of morpholine rings is 1. The van der Waals surface area contributed by atoms with Crippen LogP contribution in [-0.4, -0.2) is 48.9 Å². The number of carboxylic acid groups (broad SMARTS) is 1. The Morgan fingerprint density at radius 3 is 2.71 bits per heavy atom. The summed E-state index contributed by atoms with van der Waals surface area (Å²) in [6.45, 7) is 3.36. The molecule has 126 valence electrons. The highest BCUT2D eigenvalue weighted by atomic mass is 16.5. The highest BCUT2D eigenvalue weighted by Gasteiger charge is 2.24. The van der Waals surface area contributed by atoms with Crippen molar-refractivity contribution in [2.75, 3.05) is 32.9 Å². The maximum absolute atomic E-state index is 11.2. The van der Waals surface area contributed by atoms with Gasteiger partial charge in [-0.2, -0.15) is 0 Å². The fourth-order valence-electron chi connectivity index (χ4n) is 2.93. The minimum atomic E-state index is -0.973. The highest BCUT2D eigenvalue weighted by Crippen LogP contribution is 2.24. The van der Waals surface area contributed by atoms with Gasteiger partial charge < -0.3 is 14.6 Å². The van der Waals surface area contributed by atoms with Gasteiger partial charge in [-0.25, -0.2) is 4.79 Å². The van der Waals surface area contributed by atoms with Crippen LogP contribution in [0, 0.1) is 0 Å². The second-order valence-electron chi connectivity index (χ2n) is 5.69. The number of hydrogen-bond acceptors (Lipinski definition) is 4. The number of aromatic carboxylic acids is 1. The van der Waals surface area contributed by atoms with Gasteiger partial charge in [0.2, 0.25) is 0 Å². The van der Waals surface area contributed by atoms with Gasteiger partial charge in [0, 0.05) is 13.1 Å². The average Bonchev–Trinajstić information content (AvgIpc) is 2.63. The lowest BCUT2D eigenvalue weighted by Gasteiger charge is -2.35. The van der Waals surface area contributed by atoms with E-state index < -0.39 is 5.97 Å². The molecule has 0 bridgehead atoms. The minimum absolute atomic E-state index is 0.194. The molecule has 1 atom stereocenters. The summed E-state index contributed by atoms with van der Waals surface area (Å²) in [5.41, 5.74) is 1.42. The van der Waals surface area contributed by atoms with Crippen molar-refractivity contribution < 1.29 is 19.4 Å². The topological polar surface area (TPSA) is 59.0 Å². The molecule has 1 heterocycles. The molecule has 1 aliphatic rings. The van der Waals surface area contributed by atoms with Crippen LogP contribution in [0.15, 0.2) is 54.6 Å². The van der Waals surface area contributed by atoms with Gasteiger partial charge >= 0.3 is 5.97 Å². The third kappa shape index (κ3) is 3.93. The van der Waals surface area contributed by atoms with Crippen LogP contribution in [0.3, 0.4) is 0 Å². The molecular weight excluding hydrogens is 306 g/mol. The molecule has 0 spiro atoms. The van der Waals surface area contributed by atoms with E-state index in [1.807, 2.05) is 18.2 Å². The van der Waals surface area contributed by atoms with Gasteiger partial charge in [-0.3, -0.25) is 4.90 Å². The van der Waals surface area contributed by atoms with E-state index in [0.717, 1.165) is 13.1 Å². The highest BCUT2D eigenvalue weighted by molar-refractivity contribution is 5.90. The molecule has 1 fully saturated rings. The molecule has 1 N–H and O–H groups in total. The number of benzene rings is 2. The smallest absolute Gasteiger partial charge is 0.339 e. The zero-order valence-electron chi connectivity index (χ0n) is 13.4. The van der Waals surface area contributed by atoms with Crippen LogP contribution in [0.25, 0.3) is 0 Å². The van der Waals surface area contributed by atoms with Crippen molar-refractivity contribution in [3.8, 4) is 5.75 Å². The van der Waals surface area contributed by atoms with Crippen molar-refractivity contribution >= 4 is 5.97 Å². The second kappa shape index (κ2) is 7.95. The largest absolute Gasteiger partial charge is 0.491 e. The molecular formula is C19H21NO4. The van der Waals surface area contributed by atoms with Gasteiger partial charge in [0.15, 0.2) is 0 Å². The Labute approximate surface area is 141 Å². The quantitative estimate of drug-likeness (QED) is 0.884. The van der Waals surface area contributed by atoms with Gasteiger partial charge in [-0.15, -0.1) is 0 Å². The van der Waals surface area contributed by atoms with Crippen LogP contribution in [0.2, 0.25) is 0 Å². The van der Waals surface area contributed by atoms with Crippen LogP contribution in [0.4, 0.5) is 0 Å². The van der Waals surface area contributed by atoms with E-state index >= 15 is 0 Å². The Hall–Kier alpha value is -2.37. The fraction of sp³-hybridized carbons (Fsp3) is 0.316. The molecule has 5 nitrogen and oxygen atoms in total. The monoisotopic (exact) mass is 327 g/mol. The van der Waals surface area contributed by atoms with E-state index in [4.69, 9.17) is 9.47 Å². The van der Waals surface area contributed by atoms with Gasteiger partial charge in [0.05, 0.1) is 19.3 Å². The SMILES string of the molecule is O=C(O)c1ccccc1OCCN1CCOCC1c1ccccc1. The Kier molecular flexibility index (Phi) is 5.46. The van der Waals surface area contributed by atoms with Crippen molar-refractivity contribution in [3.05, 3.63) is 65.7 Å². The molecule has 24 heavy (non-hydrogen) atoms. The number of para-hydroxylation sites is 1. The van der Waals surface area contributed by atoms with Crippen molar-refractivity contribution in [3.63, 3.8) is 0 Å². The Morgan fingerprint density at radius 2 is 1.92 bits per heavy atom. The fourth-order valence-corrected chi connectivity index (χ4v) is 2.93. The first-order valence-electron chi connectivity index (χ1n) is 8.07. The molecule has 0 aromatic heterocycles. The lowest BCUT2D eigenvalue weighted by molar-refractivity contribution is -0.0133. The predicted octanol–water partition coefficient (Wildman–Crippen LogP) is 2.84. The van der Waals surface area contributed by atoms with E-state index in [2.05, 4.69) is 17.0 Å². The first-order valence-corrected chi connectivity index (χ1v) is 8.07. The molecule has 0 saturated carbocycles. The molecule has 2 aromatic carbocycles. The zero-order valence-corrected chi connectivity index (χ0v) is 13.4. The van der Waals surface area contributed by atoms with Crippen molar-refractivity contribution in [2.45, 2.75) is 6.04 Å². The summed E-state index contributed by atoms with van der Waals surface area (Å²) in [5, 5.41) is 9.20. The number of rotatable bonds is 6. The van der Waals surface area contributed by atoms with Crippen LogP contribution in [0.1, 0.15) is 22.0 Å². The third-order valence-corrected chi connectivity index (χ3v) is 4.18. The summed E-state index contributed by atoms with van der Waals surface area (Å²) in [5.74, 6) is -0.561. The molecule has 1 saturated heterocycles. The summed E-state index contributed by atoms with van der Waals surface area (Å²) in [6, 6.07) is 17.2. The number of ether oxygens (including phenoxy) is 2. The van der Waals surface area contributed by atoms with E-state index in [0.29, 0.717) is 25.6 Å². The molecule has 0 radical (unpaired) electrons. The summed E-state index contributed by atoms with van der Waals surface area (Å²) < 4.78 is 11.3. The Morgan fingerprint density at radius 1 is 1.17 bits per heavy atom. The van der Waals surface area contributed by atoms with Crippen LogP contribution >= 0.6 is 0 Å². The lowest BCUT2D eigenvalue weighted by atomic mass is 10.1. The maximum atomic E-state index is 11.2. The lowest BCUT2D eigenvalue weighted by Crippen LogP contribution is -2.41. The minimum Gasteiger partial charge on any atom is -0.491 e. The van der Waals surface area contributed by atoms with Crippen molar-refractivity contribution in [1.29, 1.82) is 0 Å². The summed E-state index contributed by atoms with van der Waals surface area (Å²) in [7, 11) is 0. The number of hydrogen-bond donors (Lipinski definition) is 1. The van der Waals surface area contributed by atoms with Gasteiger partial charge in [-0.1, -0.05) is 42.5 Å². The van der Waals surface area contributed by atoms with E-state index in [1.165, 1.54) is 5.56 Å². The molecule has 2 aromatic rings. The van der Waals surface area contributed by atoms with Crippen LogP contribution < -0.4 is 4.74 Å². The first kappa shape index (κ1) is 16.5. The van der Waals surface area contributed by atoms with Gasteiger partial charge in [0.1, 0.15) is 17.9 Å². The van der Waals surface area contributed by atoms with E-state index in [1.54, 1.807) is 24.3 Å². The Balaban J connectivity index is 1.62. The summed E-state index contributed by atoms with van der Waals surface area (Å²) in [6.07, 6.45) is 0. The number of carboxylic acids is 1. The first-order chi connectivity index (χ1) is 11.8. The van der Waals surface area contributed by atoms with E-state index in [-0.39, 0.29) is 11.6 Å². The molecule has 5 heteroatoms. The summed E-state index contributed by atoms with van der Waals surface area (Å²) >= 11 is 0. The van der Waals surface area contributed by atoms with E-state index in [9.17, 15) is 9.90 Å². The molecule has 0 amide bonds. The normalized spacial score (nSPS) is 18.2. The maximum Gasteiger partial charge on any atom is 0.339 e. The Bertz CT molecular complexity index is 674. The third-order valence-electron chi connectivity index (χ3n) is 4.18. The predicted molar refractivity (Wildman–Crippen MR) is 90.5 cm³/mol. The van der Waals surface area contributed by atoms with Gasteiger partial charge in [-0.05, 0) is 17.7 Å². The van der Waals surface area contributed by atoms with Crippen LogP contribution in [0.5, 0.6) is 5.75 Å². The molecule has 1 unspecified atom stereocenters. The zero-order chi connectivity index (χ0) is 16.8. The number of nitrogens with zero attached hydrogens (tertiary/aromatic N) is 1. The standard InChI is InChI=1S/C19H21NO4/c21-19(22)16-8-4-5-9-18(16)24-13-11-20-10-12-23-14-17(20)15-6-2-1-3-7-15/h1-9,17H,10-14H2,(H,21,22). The second-order valence-corrected chi connectivity index (χ2v) is 5.69. The van der Waals surface area contributed by atoms with Gasteiger partial charge in [0.25, 0.3) is 0 Å². The summed E-state index contributed by atoms with van der Waals surface area (Å²) in [4.78, 5) is 13.5. The molecule has 0 aliphatic carbocycles. The average molecular weight is 327 g/mol. The number of carbonyl (C=O) groups is 1. The molecule has 3 rings (SSSR count). The van der Waals surface area contributed by atoms with Crippen molar-refractivity contribution in [1.82, 2.24) is 4.90 Å².